The van der Waals surface area contributed by atoms with Gasteiger partial charge in [-0.3, -0.25) is 15.0 Å². The van der Waals surface area contributed by atoms with Crippen LogP contribution < -0.4 is 15.7 Å². The summed E-state index contributed by atoms with van der Waals surface area (Å²) in [5.74, 6) is -0.728. The molecule has 0 aliphatic rings. The number of hydrogen-bond acceptors (Lipinski definition) is 4. The second-order valence-electron chi connectivity index (χ2n) is 5.17. The van der Waals surface area contributed by atoms with Crippen molar-refractivity contribution in [2.45, 2.75) is 6.54 Å². The molecule has 3 rings (SSSR count). The summed E-state index contributed by atoms with van der Waals surface area (Å²) in [7, 11) is 0. The van der Waals surface area contributed by atoms with E-state index in [1.165, 1.54) is 18.3 Å². The first-order chi connectivity index (χ1) is 12.0. The van der Waals surface area contributed by atoms with Crippen LogP contribution in [0, 0.1) is 5.82 Å². The number of halogens is 2. The number of rotatable bonds is 5. The Bertz CT molecular complexity index is 953. The molecule has 0 unspecified atom stereocenters. The lowest BCUT2D eigenvalue weighted by Gasteiger charge is -2.08. The Morgan fingerprint density at radius 3 is 2.64 bits per heavy atom. The number of aromatic amines is 1. The van der Waals surface area contributed by atoms with Crippen LogP contribution in [-0.4, -0.2) is 10.9 Å². The van der Waals surface area contributed by atoms with Crippen LogP contribution in [0.4, 0.5) is 4.39 Å². The zero-order valence-electron chi connectivity index (χ0n) is 12.8. The molecule has 0 fully saturated rings. The Kier molecular flexibility index (Phi) is 5.28. The van der Waals surface area contributed by atoms with Crippen LogP contribution in [0.25, 0.3) is 11.1 Å². The Morgan fingerprint density at radius 1 is 1.20 bits per heavy atom. The van der Waals surface area contributed by atoms with E-state index in [2.05, 4.69) is 15.8 Å². The van der Waals surface area contributed by atoms with E-state index in [4.69, 9.17) is 11.6 Å². The number of aromatic nitrogens is 1. The maximum absolute atomic E-state index is 13.9. The predicted octanol–water partition coefficient (Wildman–Crippen LogP) is 3.33. The highest BCUT2D eigenvalue weighted by atomic mass is 35.5. The number of hydrazine groups is 1. The SMILES string of the molecule is O=C(NNCc1ccc(-c2cc(Cl)ccc2F)cc1)c1c[nH]c(=O)s1. The first kappa shape index (κ1) is 17.3. The third-order valence-electron chi connectivity index (χ3n) is 3.44. The van der Waals surface area contributed by atoms with Gasteiger partial charge in [-0.05, 0) is 29.3 Å². The Morgan fingerprint density at radius 2 is 1.96 bits per heavy atom. The lowest BCUT2D eigenvalue weighted by molar-refractivity contribution is 0.0936. The van der Waals surface area contributed by atoms with E-state index < -0.39 is 0 Å². The van der Waals surface area contributed by atoms with E-state index in [9.17, 15) is 14.0 Å². The van der Waals surface area contributed by atoms with Gasteiger partial charge in [-0.25, -0.2) is 9.82 Å². The molecule has 0 atom stereocenters. The summed E-state index contributed by atoms with van der Waals surface area (Å²) in [5.41, 5.74) is 7.34. The molecule has 3 N–H and O–H groups in total. The lowest BCUT2D eigenvalue weighted by Crippen LogP contribution is -2.36. The number of nitrogens with one attached hydrogen (secondary N) is 3. The van der Waals surface area contributed by atoms with Gasteiger partial charge in [0.25, 0.3) is 5.91 Å². The van der Waals surface area contributed by atoms with E-state index in [1.807, 2.05) is 12.1 Å². The van der Waals surface area contributed by atoms with Gasteiger partial charge in [-0.1, -0.05) is 47.2 Å². The van der Waals surface area contributed by atoms with Crippen LogP contribution in [0.3, 0.4) is 0 Å². The third kappa shape index (κ3) is 4.33. The summed E-state index contributed by atoms with van der Waals surface area (Å²) in [5, 5.41) is 0.469. The zero-order chi connectivity index (χ0) is 17.8. The number of benzene rings is 2. The average Bonchev–Trinajstić information content (AvgIpc) is 3.04. The van der Waals surface area contributed by atoms with Gasteiger partial charge in [0.1, 0.15) is 10.7 Å². The minimum absolute atomic E-state index is 0.283. The normalized spacial score (nSPS) is 10.6. The highest BCUT2D eigenvalue weighted by Crippen LogP contribution is 2.26. The molecule has 25 heavy (non-hydrogen) atoms. The molecule has 5 nitrogen and oxygen atoms in total. The van der Waals surface area contributed by atoms with Crippen LogP contribution >= 0.6 is 22.9 Å². The molecule has 0 radical (unpaired) electrons. The molecular weight excluding hydrogens is 365 g/mol. The molecule has 0 aliphatic heterocycles. The quantitative estimate of drug-likeness (QED) is 0.597. The van der Waals surface area contributed by atoms with Crippen LogP contribution in [0.5, 0.6) is 0 Å². The van der Waals surface area contributed by atoms with Crippen molar-refractivity contribution in [2.75, 3.05) is 0 Å². The van der Waals surface area contributed by atoms with Gasteiger partial charge in [0.2, 0.25) is 0 Å². The van der Waals surface area contributed by atoms with Gasteiger partial charge in [-0.2, -0.15) is 0 Å². The van der Waals surface area contributed by atoms with Crippen LogP contribution in [0.15, 0.2) is 53.5 Å². The molecule has 1 amide bonds. The topological polar surface area (TPSA) is 74.0 Å². The molecular formula is C17H13ClFN3O2S. The summed E-state index contributed by atoms with van der Waals surface area (Å²) in [6.07, 6.45) is 1.36. The molecule has 0 spiro atoms. The molecule has 8 heteroatoms. The molecule has 0 aliphatic carbocycles. The fourth-order valence-corrected chi connectivity index (χ4v) is 2.96. The molecule has 1 heterocycles. The van der Waals surface area contributed by atoms with Gasteiger partial charge in [-0.15, -0.1) is 0 Å². The van der Waals surface area contributed by atoms with E-state index in [-0.39, 0.29) is 16.6 Å². The average molecular weight is 378 g/mol. The van der Waals surface area contributed by atoms with Crippen LogP contribution in [0.2, 0.25) is 5.02 Å². The number of carbonyl (C=O) groups is 1. The summed E-state index contributed by atoms with van der Waals surface area (Å²) < 4.78 is 13.9. The smallest absolute Gasteiger partial charge is 0.305 e. The van der Waals surface area contributed by atoms with Gasteiger partial charge < -0.3 is 4.98 Å². The zero-order valence-corrected chi connectivity index (χ0v) is 14.4. The molecule has 3 aromatic rings. The van der Waals surface area contributed by atoms with Gasteiger partial charge in [0, 0.05) is 23.3 Å². The highest BCUT2D eigenvalue weighted by molar-refractivity contribution is 7.11. The molecule has 0 saturated heterocycles. The van der Waals surface area contributed by atoms with Crippen LogP contribution in [-0.2, 0) is 6.54 Å². The van der Waals surface area contributed by atoms with Crippen molar-refractivity contribution in [1.29, 1.82) is 0 Å². The minimum atomic E-state index is -0.388. The molecule has 2 aromatic carbocycles. The minimum Gasteiger partial charge on any atom is -0.319 e. The Balaban J connectivity index is 1.60. The van der Waals surface area contributed by atoms with E-state index >= 15 is 0 Å². The maximum atomic E-state index is 13.9. The van der Waals surface area contributed by atoms with Gasteiger partial charge in [0.15, 0.2) is 0 Å². The second kappa shape index (κ2) is 7.60. The fourth-order valence-electron chi connectivity index (χ4n) is 2.20. The van der Waals surface area contributed by atoms with Crippen molar-refractivity contribution in [3.8, 4) is 11.1 Å². The molecule has 0 saturated carbocycles. The summed E-state index contributed by atoms with van der Waals surface area (Å²) in [4.78, 5) is 25.2. The van der Waals surface area contributed by atoms with Crippen molar-refractivity contribution in [3.05, 3.63) is 79.6 Å². The molecule has 128 valence electrons. The third-order valence-corrected chi connectivity index (χ3v) is 4.50. The maximum Gasteiger partial charge on any atom is 0.305 e. The van der Waals surface area contributed by atoms with E-state index in [1.54, 1.807) is 18.2 Å². The monoisotopic (exact) mass is 377 g/mol. The largest absolute Gasteiger partial charge is 0.319 e. The van der Waals surface area contributed by atoms with Crippen molar-refractivity contribution in [1.82, 2.24) is 15.8 Å². The first-order valence-corrected chi connectivity index (χ1v) is 8.48. The first-order valence-electron chi connectivity index (χ1n) is 7.29. The fraction of sp³-hybridized carbons (Fsp3) is 0.0588. The predicted molar refractivity (Wildman–Crippen MR) is 96.1 cm³/mol. The van der Waals surface area contributed by atoms with Crippen molar-refractivity contribution >= 4 is 28.8 Å². The molecule has 0 bridgehead atoms. The Labute approximate surface area is 151 Å². The summed E-state index contributed by atoms with van der Waals surface area (Å²) >= 11 is 6.75. The van der Waals surface area contributed by atoms with Crippen molar-refractivity contribution in [3.63, 3.8) is 0 Å². The number of amides is 1. The number of hydrogen-bond donors (Lipinski definition) is 3. The van der Waals surface area contributed by atoms with E-state index in [0.717, 1.165) is 16.9 Å². The summed E-state index contributed by atoms with van der Waals surface area (Å²) in [6.45, 7) is 0.378. The van der Waals surface area contributed by atoms with E-state index in [0.29, 0.717) is 27.6 Å². The van der Waals surface area contributed by atoms with Crippen LogP contribution in [0.1, 0.15) is 15.2 Å². The number of thiazole rings is 1. The number of carbonyl (C=O) groups excluding carboxylic acids is 1. The second-order valence-corrected chi connectivity index (χ2v) is 6.62. The highest BCUT2D eigenvalue weighted by Gasteiger charge is 2.08. The summed E-state index contributed by atoms with van der Waals surface area (Å²) in [6, 6.07) is 11.6. The standard InChI is InChI=1S/C17H13ClFN3O2S/c18-12-5-6-14(19)13(7-12)11-3-1-10(2-4-11)8-21-22-16(23)15-9-20-17(24)25-15/h1-7,9,21H,8H2,(H,20,24)(H,22,23). The number of H-pyrrole nitrogens is 1. The van der Waals surface area contributed by atoms with Gasteiger partial charge >= 0.3 is 4.87 Å². The molecule has 1 aromatic heterocycles. The van der Waals surface area contributed by atoms with Crippen molar-refractivity contribution in [2.24, 2.45) is 0 Å². The van der Waals surface area contributed by atoms with Gasteiger partial charge in [0.05, 0.1) is 0 Å². The lowest BCUT2D eigenvalue weighted by atomic mass is 10.0. The van der Waals surface area contributed by atoms with Crippen molar-refractivity contribution < 1.29 is 9.18 Å². The Hall–Kier alpha value is -2.48.